The van der Waals surface area contributed by atoms with Gasteiger partial charge in [0.15, 0.2) is 0 Å². The Bertz CT molecular complexity index is 1060. The maximum Gasteiger partial charge on any atom is 0.250 e. The molecule has 6 nitrogen and oxygen atoms in total. The Morgan fingerprint density at radius 1 is 1.23 bits per heavy atom. The lowest BCUT2D eigenvalue weighted by atomic mass is 9.94. The predicted octanol–water partition coefficient (Wildman–Crippen LogP) is 4.67. The third-order valence-corrected chi connectivity index (χ3v) is 6.06. The van der Waals surface area contributed by atoms with Gasteiger partial charge in [0.2, 0.25) is 5.88 Å². The second kappa shape index (κ2) is 8.48. The molecule has 0 bridgehead atoms. The van der Waals surface area contributed by atoms with Crippen molar-refractivity contribution < 1.29 is 6.16 Å². The molecule has 0 amide bonds. The number of hydrogen-bond donors (Lipinski definition) is 2. The number of ether oxygens (including phenoxy) is 1. The summed E-state index contributed by atoms with van der Waals surface area (Å²) in [6.45, 7) is 4.96. The van der Waals surface area contributed by atoms with Crippen LogP contribution in [0.15, 0.2) is 53.6 Å². The van der Waals surface area contributed by atoms with Crippen molar-refractivity contribution in [3.8, 4) is 22.7 Å². The van der Waals surface area contributed by atoms with Crippen molar-refractivity contribution in [3.05, 3.63) is 64.7 Å². The number of rotatable bonds is 1. The van der Waals surface area contributed by atoms with Crippen LogP contribution in [0.3, 0.4) is 0 Å². The molecule has 1 aliphatic heterocycles. The molecule has 6 heteroatoms. The van der Waals surface area contributed by atoms with Crippen LogP contribution in [0.4, 0.5) is 0 Å². The minimum absolute atomic E-state index is 0. The van der Waals surface area contributed by atoms with Crippen LogP contribution in [0.1, 0.15) is 52.9 Å². The average Bonchev–Trinajstić information content (AvgIpc) is 3.22. The molecule has 3 N–H and O–H groups in total. The number of nitrogens with one attached hydrogen (secondary N) is 1. The maximum absolute atomic E-state index is 11.3. The quantitative estimate of drug-likeness (QED) is 0.573. The van der Waals surface area contributed by atoms with Crippen LogP contribution in [0, 0.1) is 5.92 Å². The fourth-order valence-corrected chi connectivity index (χ4v) is 4.16. The largest absolute Gasteiger partial charge is 0.474 e. The zero-order valence-electron chi connectivity index (χ0n) is 17.7. The SMILES string of the molecule is CC1CCC[C@@](C)(N)CC1.O=c1ccc2c([nH]1)OCc1cc(-n3cccn3)ccc1-2.[HH]. The van der Waals surface area contributed by atoms with Crippen LogP contribution in [0.5, 0.6) is 5.88 Å². The molecule has 0 radical (unpaired) electrons. The van der Waals surface area contributed by atoms with Crippen LogP contribution in [-0.4, -0.2) is 20.3 Å². The third kappa shape index (κ3) is 4.65. The molecular weight excluding hydrogens is 376 g/mol. The van der Waals surface area contributed by atoms with Gasteiger partial charge >= 0.3 is 0 Å². The van der Waals surface area contributed by atoms with E-state index in [9.17, 15) is 4.79 Å². The van der Waals surface area contributed by atoms with E-state index in [1.165, 1.54) is 38.2 Å². The Kier molecular flexibility index (Phi) is 5.77. The van der Waals surface area contributed by atoms with E-state index in [0.717, 1.165) is 28.3 Å². The molecule has 1 fully saturated rings. The van der Waals surface area contributed by atoms with Crippen molar-refractivity contribution in [3.63, 3.8) is 0 Å². The normalized spacial score (nSPS) is 22.6. The Hall–Kier alpha value is -2.86. The molecule has 30 heavy (non-hydrogen) atoms. The first kappa shape index (κ1) is 20.4. The van der Waals surface area contributed by atoms with Crippen molar-refractivity contribution in [2.75, 3.05) is 0 Å². The van der Waals surface area contributed by atoms with E-state index in [2.05, 4.69) is 30.0 Å². The fourth-order valence-electron chi connectivity index (χ4n) is 4.16. The van der Waals surface area contributed by atoms with Crippen molar-refractivity contribution in [1.82, 2.24) is 14.8 Å². The lowest BCUT2D eigenvalue weighted by Gasteiger charge is -2.21. The molecule has 3 heterocycles. The summed E-state index contributed by atoms with van der Waals surface area (Å²) in [5.74, 6) is 1.45. The molecular formula is C24H32N4O2. The summed E-state index contributed by atoms with van der Waals surface area (Å²) in [5.41, 5.74) is 10.1. The molecule has 1 unspecified atom stereocenters. The Balaban J connectivity index is 0.000000212. The molecule has 1 aliphatic carbocycles. The van der Waals surface area contributed by atoms with E-state index in [1.807, 2.05) is 29.1 Å². The Morgan fingerprint density at radius 3 is 2.87 bits per heavy atom. The van der Waals surface area contributed by atoms with E-state index in [0.29, 0.717) is 12.5 Å². The van der Waals surface area contributed by atoms with Gasteiger partial charge in [-0.1, -0.05) is 25.8 Å². The number of nitrogens with two attached hydrogens (primary N) is 1. The summed E-state index contributed by atoms with van der Waals surface area (Å²) in [4.78, 5) is 14.0. The summed E-state index contributed by atoms with van der Waals surface area (Å²) >= 11 is 0. The molecule has 1 aromatic carbocycles. The smallest absolute Gasteiger partial charge is 0.250 e. The Labute approximate surface area is 178 Å². The number of aromatic nitrogens is 3. The maximum atomic E-state index is 11.3. The topological polar surface area (TPSA) is 85.9 Å². The number of nitrogens with zero attached hydrogens (tertiary/aromatic N) is 2. The van der Waals surface area contributed by atoms with Gasteiger partial charge in [0.1, 0.15) is 6.61 Å². The van der Waals surface area contributed by atoms with Crippen LogP contribution >= 0.6 is 0 Å². The molecule has 5 rings (SSSR count). The first-order chi connectivity index (χ1) is 14.4. The number of H-pyrrole nitrogens is 1. The van der Waals surface area contributed by atoms with Crippen LogP contribution in [-0.2, 0) is 6.61 Å². The van der Waals surface area contributed by atoms with Crippen molar-refractivity contribution in [2.24, 2.45) is 11.7 Å². The van der Waals surface area contributed by atoms with Gasteiger partial charge in [-0.2, -0.15) is 5.10 Å². The van der Waals surface area contributed by atoms with E-state index in [4.69, 9.17) is 10.5 Å². The minimum Gasteiger partial charge on any atom is -0.474 e. The lowest BCUT2D eigenvalue weighted by molar-refractivity contribution is 0.289. The van der Waals surface area contributed by atoms with Crippen molar-refractivity contribution >= 4 is 0 Å². The summed E-state index contributed by atoms with van der Waals surface area (Å²) < 4.78 is 7.43. The van der Waals surface area contributed by atoms with Gasteiger partial charge in [0.25, 0.3) is 5.56 Å². The van der Waals surface area contributed by atoms with Gasteiger partial charge in [0.05, 0.1) is 5.69 Å². The predicted molar refractivity (Wildman–Crippen MR) is 121 cm³/mol. The van der Waals surface area contributed by atoms with Gasteiger partial charge < -0.3 is 10.5 Å². The van der Waals surface area contributed by atoms with Gasteiger partial charge in [0, 0.05) is 31.0 Å². The highest BCUT2D eigenvalue weighted by Gasteiger charge is 2.22. The highest BCUT2D eigenvalue weighted by Crippen LogP contribution is 2.35. The van der Waals surface area contributed by atoms with Crippen molar-refractivity contribution in [1.29, 1.82) is 0 Å². The molecule has 1 saturated carbocycles. The summed E-state index contributed by atoms with van der Waals surface area (Å²) in [5, 5.41) is 4.22. The third-order valence-electron chi connectivity index (χ3n) is 6.06. The van der Waals surface area contributed by atoms with Gasteiger partial charge in [-0.25, -0.2) is 4.68 Å². The molecule has 160 valence electrons. The average molecular weight is 409 g/mol. The van der Waals surface area contributed by atoms with Crippen LogP contribution in [0.25, 0.3) is 16.8 Å². The number of pyridine rings is 1. The summed E-state index contributed by atoms with van der Waals surface area (Å²) in [6, 6.07) is 11.3. The number of hydrogen-bond acceptors (Lipinski definition) is 4. The first-order valence-corrected chi connectivity index (χ1v) is 10.7. The molecule has 2 atom stereocenters. The highest BCUT2D eigenvalue weighted by atomic mass is 16.5. The molecule has 0 saturated heterocycles. The molecule has 3 aromatic rings. The zero-order valence-corrected chi connectivity index (χ0v) is 17.7. The second-order valence-corrected chi connectivity index (χ2v) is 8.84. The lowest BCUT2D eigenvalue weighted by Crippen LogP contribution is -2.34. The summed E-state index contributed by atoms with van der Waals surface area (Å²) in [7, 11) is 0. The van der Waals surface area contributed by atoms with Crippen molar-refractivity contribution in [2.45, 2.75) is 58.1 Å². The van der Waals surface area contributed by atoms with Gasteiger partial charge in [-0.15, -0.1) is 0 Å². The van der Waals surface area contributed by atoms with Gasteiger partial charge in [-0.3, -0.25) is 9.78 Å². The monoisotopic (exact) mass is 408 g/mol. The zero-order chi connectivity index (χ0) is 21.1. The van der Waals surface area contributed by atoms with Gasteiger partial charge in [-0.05, 0) is 67.5 Å². The van der Waals surface area contributed by atoms with E-state index >= 15 is 0 Å². The number of benzene rings is 1. The number of fused-ring (bicyclic) bond motifs is 3. The Morgan fingerprint density at radius 2 is 2.07 bits per heavy atom. The van der Waals surface area contributed by atoms with E-state index in [1.54, 1.807) is 12.3 Å². The molecule has 2 aromatic heterocycles. The van der Waals surface area contributed by atoms with E-state index < -0.39 is 0 Å². The minimum atomic E-state index is -0.152. The molecule has 0 spiro atoms. The van der Waals surface area contributed by atoms with Crippen LogP contribution < -0.4 is 16.0 Å². The first-order valence-electron chi connectivity index (χ1n) is 10.7. The van der Waals surface area contributed by atoms with E-state index in [-0.39, 0.29) is 12.5 Å². The second-order valence-electron chi connectivity index (χ2n) is 8.84. The number of aromatic amines is 1. The van der Waals surface area contributed by atoms with Crippen LogP contribution in [0.2, 0.25) is 0 Å². The fraction of sp³-hybridized carbons (Fsp3) is 0.417. The highest BCUT2D eigenvalue weighted by molar-refractivity contribution is 5.74. The summed E-state index contributed by atoms with van der Waals surface area (Å²) in [6.07, 6.45) is 10.1. The molecule has 2 aliphatic rings. The standard InChI is InChI=1S/C15H11N3O2.C9H19N.H2/c19-14-5-4-13-12-3-2-11(18-7-1-6-16-18)8-10(12)9-20-15(13)17-14;1-8-4-3-6-9(2,10)7-5-8;/h1-8H,9H2,(H,17,19);8H,3-7,10H2,1-2H3;1H/t;8?,9-;/m.1./s1.